The number of carbonyl (C=O) groups excluding carboxylic acids is 2. The van der Waals surface area contributed by atoms with Gasteiger partial charge in [0, 0.05) is 23.4 Å². The summed E-state index contributed by atoms with van der Waals surface area (Å²) in [5, 5.41) is 2.48. The van der Waals surface area contributed by atoms with Crippen molar-refractivity contribution in [2.45, 2.75) is 0 Å². The molecular weight excluding hydrogens is 244 g/mol. The minimum absolute atomic E-state index is 0.102. The second kappa shape index (κ2) is 5.77. The number of ketones is 1. The van der Waals surface area contributed by atoms with Gasteiger partial charge in [-0.3, -0.25) is 14.4 Å². The molecular formula is C14H12N2O3. The first-order valence-corrected chi connectivity index (χ1v) is 5.72. The summed E-state index contributed by atoms with van der Waals surface area (Å²) in [6.07, 6.45) is 1.39. The highest BCUT2D eigenvalue weighted by Crippen LogP contribution is 1.99. The van der Waals surface area contributed by atoms with Crippen LogP contribution in [0.1, 0.15) is 20.7 Å². The summed E-state index contributed by atoms with van der Waals surface area (Å²) in [7, 11) is 0. The number of rotatable bonds is 4. The van der Waals surface area contributed by atoms with Crippen molar-refractivity contribution in [3.63, 3.8) is 0 Å². The van der Waals surface area contributed by atoms with Crippen molar-refractivity contribution in [2.24, 2.45) is 0 Å². The van der Waals surface area contributed by atoms with Crippen molar-refractivity contribution in [1.29, 1.82) is 0 Å². The van der Waals surface area contributed by atoms with E-state index in [9.17, 15) is 14.4 Å². The van der Waals surface area contributed by atoms with E-state index in [-0.39, 0.29) is 23.5 Å². The van der Waals surface area contributed by atoms with E-state index >= 15 is 0 Å². The maximum atomic E-state index is 11.8. The van der Waals surface area contributed by atoms with Crippen LogP contribution in [0.4, 0.5) is 0 Å². The number of hydrogen-bond donors (Lipinski definition) is 2. The molecule has 96 valence electrons. The van der Waals surface area contributed by atoms with E-state index < -0.39 is 5.91 Å². The van der Waals surface area contributed by atoms with Crippen LogP contribution in [-0.2, 0) is 0 Å². The maximum absolute atomic E-state index is 11.8. The summed E-state index contributed by atoms with van der Waals surface area (Å²) >= 11 is 0. The zero-order valence-corrected chi connectivity index (χ0v) is 10.1. The normalized spacial score (nSPS) is 9.89. The summed E-state index contributed by atoms with van der Waals surface area (Å²) in [5.41, 5.74) is 0.403. The minimum Gasteiger partial charge on any atom is -0.345 e. The Bertz CT molecular complexity index is 647. The molecule has 0 spiro atoms. The molecule has 0 aliphatic carbocycles. The van der Waals surface area contributed by atoms with Gasteiger partial charge >= 0.3 is 0 Å². The highest BCUT2D eigenvalue weighted by Gasteiger charge is 2.09. The number of Topliss-reactive ketones (excluding diaryl/α,β-unsaturated/α-hetero) is 1. The lowest BCUT2D eigenvalue weighted by Crippen LogP contribution is -2.30. The molecule has 19 heavy (non-hydrogen) atoms. The van der Waals surface area contributed by atoms with Crippen molar-refractivity contribution < 1.29 is 9.59 Å². The second-order valence-electron chi connectivity index (χ2n) is 3.91. The second-order valence-corrected chi connectivity index (χ2v) is 3.91. The zero-order chi connectivity index (χ0) is 13.7. The molecule has 0 aliphatic rings. The van der Waals surface area contributed by atoms with E-state index in [0.717, 1.165) is 0 Å². The number of pyridine rings is 1. The first-order valence-electron chi connectivity index (χ1n) is 5.72. The Balaban J connectivity index is 1.98. The first-order chi connectivity index (χ1) is 9.16. The van der Waals surface area contributed by atoms with Gasteiger partial charge in [0.1, 0.15) is 0 Å². The number of H-pyrrole nitrogens is 1. The minimum atomic E-state index is -0.449. The standard InChI is InChI=1S/C14H12N2O3/c17-12(10-4-2-1-3-5-10)9-16-14(19)11-6-7-15-13(18)8-11/h1-8H,9H2,(H,15,18)(H,16,19). The van der Waals surface area contributed by atoms with Crippen LogP contribution in [0, 0.1) is 0 Å². The average molecular weight is 256 g/mol. The molecule has 1 aromatic carbocycles. The summed E-state index contributed by atoms with van der Waals surface area (Å²) in [4.78, 5) is 36.9. The van der Waals surface area contributed by atoms with Gasteiger partial charge in [-0.15, -0.1) is 0 Å². The summed E-state index contributed by atoms with van der Waals surface area (Å²) in [5.74, 6) is -0.630. The number of aromatic amines is 1. The first kappa shape index (κ1) is 12.8. The monoisotopic (exact) mass is 256 g/mol. The molecule has 1 aromatic heterocycles. The topological polar surface area (TPSA) is 79.0 Å². The maximum Gasteiger partial charge on any atom is 0.251 e. The van der Waals surface area contributed by atoms with Gasteiger partial charge in [-0.05, 0) is 6.07 Å². The molecule has 5 nitrogen and oxygen atoms in total. The highest BCUT2D eigenvalue weighted by atomic mass is 16.2. The van der Waals surface area contributed by atoms with Gasteiger partial charge in [-0.1, -0.05) is 30.3 Å². The molecule has 1 amide bonds. The number of amides is 1. The van der Waals surface area contributed by atoms with Gasteiger partial charge in [0.2, 0.25) is 5.56 Å². The molecule has 2 rings (SSSR count). The number of nitrogens with one attached hydrogen (secondary N) is 2. The number of carbonyl (C=O) groups is 2. The molecule has 0 radical (unpaired) electrons. The Hall–Kier alpha value is -2.69. The lowest BCUT2D eigenvalue weighted by molar-refractivity contribution is 0.0904. The molecule has 0 aliphatic heterocycles. The Morgan fingerprint density at radius 2 is 1.79 bits per heavy atom. The van der Waals surface area contributed by atoms with E-state index in [1.54, 1.807) is 24.3 Å². The molecule has 1 heterocycles. The van der Waals surface area contributed by atoms with Gasteiger partial charge < -0.3 is 10.3 Å². The van der Waals surface area contributed by atoms with E-state index in [1.807, 2.05) is 6.07 Å². The number of aromatic nitrogens is 1. The lowest BCUT2D eigenvalue weighted by atomic mass is 10.1. The third-order valence-electron chi connectivity index (χ3n) is 2.54. The molecule has 2 N–H and O–H groups in total. The van der Waals surface area contributed by atoms with Gasteiger partial charge in [-0.25, -0.2) is 0 Å². The fraction of sp³-hybridized carbons (Fsp3) is 0.0714. The van der Waals surface area contributed by atoms with Gasteiger partial charge in [-0.2, -0.15) is 0 Å². The molecule has 0 fully saturated rings. The average Bonchev–Trinajstić information content (AvgIpc) is 2.45. The van der Waals surface area contributed by atoms with Gasteiger partial charge in [0.05, 0.1) is 6.54 Å². The van der Waals surface area contributed by atoms with Crippen LogP contribution in [0.2, 0.25) is 0 Å². The van der Waals surface area contributed by atoms with Crippen molar-refractivity contribution in [1.82, 2.24) is 10.3 Å². The molecule has 0 saturated heterocycles. The van der Waals surface area contributed by atoms with E-state index in [0.29, 0.717) is 5.56 Å². The molecule has 0 unspecified atom stereocenters. The lowest BCUT2D eigenvalue weighted by Gasteiger charge is -2.04. The molecule has 0 saturated carbocycles. The number of hydrogen-bond acceptors (Lipinski definition) is 3. The number of benzene rings is 1. The van der Waals surface area contributed by atoms with E-state index in [2.05, 4.69) is 10.3 Å². The van der Waals surface area contributed by atoms with Crippen LogP contribution in [0.25, 0.3) is 0 Å². The Morgan fingerprint density at radius 3 is 2.47 bits per heavy atom. The zero-order valence-electron chi connectivity index (χ0n) is 10.1. The SMILES string of the molecule is O=C(CNC(=O)c1cc[nH]c(=O)c1)c1ccccc1. The van der Waals surface area contributed by atoms with Gasteiger partial charge in [0.25, 0.3) is 5.91 Å². The van der Waals surface area contributed by atoms with Crippen molar-refractivity contribution >= 4 is 11.7 Å². The molecule has 0 atom stereocenters. The summed E-state index contributed by atoms with van der Waals surface area (Å²) in [6, 6.07) is 11.3. The van der Waals surface area contributed by atoms with Crippen LogP contribution < -0.4 is 10.9 Å². The summed E-state index contributed by atoms with van der Waals surface area (Å²) in [6.45, 7) is -0.102. The van der Waals surface area contributed by atoms with Gasteiger partial charge in [0.15, 0.2) is 5.78 Å². The van der Waals surface area contributed by atoms with Crippen LogP contribution in [0.5, 0.6) is 0 Å². The van der Waals surface area contributed by atoms with Crippen molar-refractivity contribution in [2.75, 3.05) is 6.54 Å². The molecule has 0 bridgehead atoms. The van der Waals surface area contributed by atoms with Crippen molar-refractivity contribution in [3.8, 4) is 0 Å². The Kier molecular flexibility index (Phi) is 3.87. The largest absolute Gasteiger partial charge is 0.345 e. The smallest absolute Gasteiger partial charge is 0.251 e. The van der Waals surface area contributed by atoms with E-state index in [1.165, 1.54) is 18.3 Å². The summed E-state index contributed by atoms with van der Waals surface area (Å²) < 4.78 is 0. The van der Waals surface area contributed by atoms with Crippen LogP contribution in [0.3, 0.4) is 0 Å². The van der Waals surface area contributed by atoms with Crippen LogP contribution in [-0.4, -0.2) is 23.2 Å². The third kappa shape index (κ3) is 3.38. The molecule has 5 heteroatoms. The Labute approximate surface area is 109 Å². The Morgan fingerprint density at radius 1 is 1.05 bits per heavy atom. The predicted octanol–water partition coefficient (Wildman–Crippen LogP) is 0.988. The third-order valence-corrected chi connectivity index (χ3v) is 2.54. The molecule has 2 aromatic rings. The fourth-order valence-corrected chi connectivity index (χ4v) is 1.57. The highest BCUT2D eigenvalue weighted by molar-refractivity contribution is 6.02. The fourth-order valence-electron chi connectivity index (χ4n) is 1.57. The van der Waals surface area contributed by atoms with Crippen LogP contribution >= 0.6 is 0 Å². The van der Waals surface area contributed by atoms with Crippen LogP contribution in [0.15, 0.2) is 53.5 Å². The predicted molar refractivity (Wildman–Crippen MR) is 70.2 cm³/mol. The van der Waals surface area contributed by atoms with Crippen molar-refractivity contribution in [3.05, 3.63) is 70.1 Å². The quantitative estimate of drug-likeness (QED) is 0.800. The van der Waals surface area contributed by atoms with E-state index in [4.69, 9.17) is 0 Å².